The number of rotatable bonds is 4. The van der Waals surface area contributed by atoms with Crippen LogP contribution in [0.1, 0.15) is 38.8 Å². The van der Waals surface area contributed by atoms with E-state index in [0.29, 0.717) is 17.6 Å². The van der Waals surface area contributed by atoms with Crippen LogP contribution in [0.3, 0.4) is 0 Å². The van der Waals surface area contributed by atoms with Crippen molar-refractivity contribution in [3.63, 3.8) is 0 Å². The molecule has 0 aliphatic carbocycles. The van der Waals surface area contributed by atoms with Gasteiger partial charge in [0.15, 0.2) is 0 Å². The van der Waals surface area contributed by atoms with E-state index in [2.05, 4.69) is 5.32 Å². The van der Waals surface area contributed by atoms with Crippen LogP contribution in [0.5, 0.6) is 0 Å². The topological polar surface area (TPSA) is 30.5 Å². The molecule has 2 rings (SSSR count). The number of likely N-dealkylation sites (N-methyl/N-ethyl adjacent to an activating group) is 1. The van der Waals surface area contributed by atoms with Crippen molar-refractivity contribution in [3.05, 3.63) is 38.8 Å². The summed E-state index contributed by atoms with van der Waals surface area (Å²) in [6, 6.07) is 1.72. The average molecular weight is 410 g/mol. The SMILES string of the molecule is CNCC(=Cc1c(Cl)cc(C(F)(F)F)cc1Cl)B1OC(C)(C)C(C)(C)O1. The van der Waals surface area contributed by atoms with Crippen molar-refractivity contribution in [1.29, 1.82) is 0 Å². The first-order valence-corrected chi connectivity index (χ1v) is 8.81. The Kier molecular flexibility index (Phi) is 6.11. The molecule has 1 heterocycles. The van der Waals surface area contributed by atoms with Crippen LogP contribution in [0.15, 0.2) is 17.6 Å². The summed E-state index contributed by atoms with van der Waals surface area (Å²) >= 11 is 12.1. The van der Waals surface area contributed by atoms with Crippen LogP contribution in [0.2, 0.25) is 10.0 Å². The highest BCUT2D eigenvalue weighted by atomic mass is 35.5. The van der Waals surface area contributed by atoms with Crippen LogP contribution in [0.4, 0.5) is 13.2 Å². The molecule has 9 heteroatoms. The predicted octanol–water partition coefficient (Wildman–Crippen LogP) is 5.25. The lowest BCUT2D eigenvalue weighted by atomic mass is 9.77. The average Bonchev–Trinajstić information content (AvgIpc) is 2.68. The van der Waals surface area contributed by atoms with E-state index in [1.807, 2.05) is 27.7 Å². The van der Waals surface area contributed by atoms with Gasteiger partial charge in [0.25, 0.3) is 0 Å². The van der Waals surface area contributed by atoms with Crippen molar-refractivity contribution < 1.29 is 22.5 Å². The number of nitrogens with one attached hydrogen (secondary N) is 1. The lowest BCUT2D eigenvalue weighted by molar-refractivity contribution is -0.137. The second-order valence-electron chi connectivity index (χ2n) is 7.19. The molecule has 1 aromatic carbocycles. The first-order valence-electron chi connectivity index (χ1n) is 8.05. The van der Waals surface area contributed by atoms with Crippen molar-refractivity contribution in [1.82, 2.24) is 5.32 Å². The van der Waals surface area contributed by atoms with Gasteiger partial charge in [-0.25, -0.2) is 0 Å². The summed E-state index contributed by atoms with van der Waals surface area (Å²) < 4.78 is 50.7. The lowest BCUT2D eigenvalue weighted by Crippen LogP contribution is -2.41. The van der Waals surface area contributed by atoms with Gasteiger partial charge in [-0.05, 0) is 52.3 Å². The molecule has 0 aromatic heterocycles. The van der Waals surface area contributed by atoms with Crippen molar-refractivity contribution in [2.45, 2.75) is 45.1 Å². The molecule has 0 bridgehead atoms. The summed E-state index contributed by atoms with van der Waals surface area (Å²) in [6.07, 6.45) is -2.90. The van der Waals surface area contributed by atoms with Crippen LogP contribution < -0.4 is 5.32 Å². The number of halogens is 5. The van der Waals surface area contributed by atoms with Crippen LogP contribution in [0.25, 0.3) is 6.08 Å². The third-order valence-electron chi connectivity index (χ3n) is 4.67. The number of alkyl halides is 3. The summed E-state index contributed by atoms with van der Waals surface area (Å²) in [5.41, 5.74) is -1.01. The molecule has 0 saturated carbocycles. The van der Waals surface area contributed by atoms with Gasteiger partial charge in [-0.2, -0.15) is 13.2 Å². The van der Waals surface area contributed by atoms with Gasteiger partial charge >= 0.3 is 13.3 Å². The van der Waals surface area contributed by atoms with Crippen LogP contribution in [0, 0.1) is 0 Å². The Balaban J connectivity index is 2.45. The quantitative estimate of drug-likeness (QED) is 0.689. The minimum absolute atomic E-state index is 0.0880. The fraction of sp³-hybridized carbons (Fsp3) is 0.529. The van der Waals surface area contributed by atoms with Gasteiger partial charge in [0.05, 0.1) is 16.8 Å². The molecule has 26 heavy (non-hydrogen) atoms. The van der Waals surface area contributed by atoms with Crippen molar-refractivity contribution >= 4 is 36.4 Å². The van der Waals surface area contributed by atoms with Gasteiger partial charge in [-0.1, -0.05) is 29.3 Å². The van der Waals surface area contributed by atoms with Crippen molar-refractivity contribution in [2.75, 3.05) is 13.6 Å². The Labute approximate surface area is 162 Å². The van der Waals surface area contributed by atoms with E-state index in [-0.39, 0.29) is 10.0 Å². The fourth-order valence-electron chi connectivity index (χ4n) is 2.47. The predicted molar refractivity (Wildman–Crippen MR) is 99.4 cm³/mol. The van der Waals surface area contributed by atoms with Gasteiger partial charge in [0.1, 0.15) is 0 Å². The molecular formula is C17H21BCl2F3NO2. The second-order valence-corrected chi connectivity index (χ2v) is 8.00. The normalized spacial score (nSPS) is 19.9. The Morgan fingerprint density at radius 1 is 1.12 bits per heavy atom. The fourth-order valence-corrected chi connectivity index (χ4v) is 3.07. The van der Waals surface area contributed by atoms with E-state index in [1.165, 1.54) is 0 Å². The number of hydrogen-bond donors (Lipinski definition) is 1. The molecule has 1 aliphatic heterocycles. The molecule has 0 unspecified atom stereocenters. The molecule has 1 N–H and O–H groups in total. The van der Waals surface area contributed by atoms with E-state index in [4.69, 9.17) is 32.5 Å². The monoisotopic (exact) mass is 409 g/mol. The van der Waals surface area contributed by atoms with E-state index in [1.54, 1.807) is 13.1 Å². The highest BCUT2D eigenvalue weighted by Gasteiger charge is 2.52. The van der Waals surface area contributed by atoms with Gasteiger partial charge < -0.3 is 14.6 Å². The van der Waals surface area contributed by atoms with Crippen LogP contribution in [-0.2, 0) is 15.5 Å². The first kappa shape index (κ1) is 21.6. The number of hydrogen-bond acceptors (Lipinski definition) is 3. The van der Waals surface area contributed by atoms with Crippen molar-refractivity contribution in [3.8, 4) is 0 Å². The molecule has 1 saturated heterocycles. The summed E-state index contributed by atoms with van der Waals surface area (Å²) in [7, 11) is 1.08. The van der Waals surface area contributed by atoms with Crippen LogP contribution in [-0.4, -0.2) is 31.9 Å². The molecule has 0 amide bonds. The highest BCUT2D eigenvalue weighted by molar-refractivity contribution is 6.56. The zero-order chi connectivity index (χ0) is 19.9. The summed E-state index contributed by atoms with van der Waals surface area (Å²) in [5.74, 6) is 0. The standard InChI is InChI=1S/C17H21BCl2F3NO2/c1-15(2)16(3,4)26-18(25-15)11(9-24-5)8-12-13(19)6-10(7-14(12)20)17(21,22)23/h6-8,24H,9H2,1-5H3. The Bertz CT molecular complexity index is 681. The molecular weight excluding hydrogens is 389 g/mol. The van der Waals surface area contributed by atoms with Crippen LogP contribution >= 0.6 is 23.2 Å². The Hall–Kier alpha value is -0.725. The molecule has 1 aliphatic rings. The maximum Gasteiger partial charge on any atom is 0.491 e. The molecule has 0 spiro atoms. The van der Waals surface area contributed by atoms with E-state index in [9.17, 15) is 13.2 Å². The van der Waals surface area contributed by atoms with Gasteiger partial charge in [0, 0.05) is 22.2 Å². The summed E-state index contributed by atoms with van der Waals surface area (Å²) in [5, 5.41) is 2.82. The van der Waals surface area contributed by atoms with Gasteiger partial charge in [0.2, 0.25) is 0 Å². The maximum absolute atomic E-state index is 12.9. The van der Waals surface area contributed by atoms with Gasteiger partial charge in [-0.15, -0.1) is 0 Å². The highest BCUT2D eigenvalue weighted by Crippen LogP contribution is 2.40. The van der Waals surface area contributed by atoms with E-state index in [0.717, 1.165) is 12.1 Å². The molecule has 1 aromatic rings. The summed E-state index contributed by atoms with van der Waals surface area (Å²) in [6.45, 7) is 8.07. The molecule has 144 valence electrons. The third-order valence-corrected chi connectivity index (χ3v) is 5.30. The first-order chi connectivity index (χ1) is 11.8. The third kappa shape index (κ3) is 4.39. The smallest absolute Gasteiger partial charge is 0.400 e. The number of benzene rings is 1. The molecule has 0 atom stereocenters. The van der Waals surface area contributed by atoms with Crippen molar-refractivity contribution in [2.24, 2.45) is 0 Å². The Morgan fingerprint density at radius 2 is 1.58 bits per heavy atom. The Morgan fingerprint density at radius 3 is 1.96 bits per heavy atom. The minimum atomic E-state index is -4.52. The molecule has 1 fully saturated rings. The zero-order valence-corrected chi connectivity index (χ0v) is 16.7. The minimum Gasteiger partial charge on any atom is -0.400 e. The second kappa shape index (κ2) is 7.36. The largest absolute Gasteiger partial charge is 0.491 e. The zero-order valence-electron chi connectivity index (χ0n) is 15.2. The lowest BCUT2D eigenvalue weighted by Gasteiger charge is -2.32. The van der Waals surface area contributed by atoms with E-state index < -0.39 is 30.1 Å². The maximum atomic E-state index is 12.9. The summed E-state index contributed by atoms with van der Waals surface area (Å²) in [4.78, 5) is 0. The van der Waals surface area contributed by atoms with E-state index >= 15 is 0 Å². The van der Waals surface area contributed by atoms with Gasteiger partial charge in [-0.3, -0.25) is 0 Å². The molecule has 0 radical (unpaired) electrons. The molecule has 3 nitrogen and oxygen atoms in total.